The first-order valence-corrected chi connectivity index (χ1v) is 14.6. The van der Waals surface area contributed by atoms with E-state index in [4.69, 9.17) is 16.0 Å². The van der Waals surface area contributed by atoms with E-state index in [1.54, 1.807) is 48.5 Å². The number of furan rings is 1. The van der Waals surface area contributed by atoms with E-state index in [-0.39, 0.29) is 23.0 Å². The normalized spacial score (nSPS) is 16.7. The number of carbonyl (C=O) groups is 1. The molecule has 1 saturated heterocycles. The lowest BCUT2D eigenvalue weighted by molar-refractivity contribution is -0.118. The molecular weight excluding hydrogens is 526 g/mol. The van der Waals surface area contributed by atoms with Crippen molar-refractivity contribution in [2.75, 3.05) is 17.7 Å². The summed E-state index contributed by atoms with van der Waals surface area (Å²) in [6.45, 7) is 0.258. The van der Waals surface area contributed by atoms with Crippen molar-refractivity contribution in [3.8, 4) is 11.1 Å². The summed E-state index contributed by atoms with van der Waals surface area (Å²) in [6, 6.07) is 15.0. The summed E-state index contributed by atoms with van der Waals surface area (Å²) in [5.74, 6) is -0.116. The van der Waals surface area contributed by atoms with Gasteiger partial charge in [-0.1, -0.05) is 29.8 Å². The molecule has 2 aromatic heterocycles. The number of sulfonamides is 1. The fraction of sp³-hybridized carbons (Fsp3) is 0.167. The van der Waals surface area contributed by atoms with E-state index in [0.29, 0.717) is 32.9 Å². The molecule has 3 heterocycles. The number of fused-ring (bicyclic) bond motifs is 1. The van der Waals surface area contributed by atoms with Crippen LogP contribution in [0.1, 0.15) is 6.42 Å². The van der Waals surface area contributed by atoms with Gasteiger partial charge in [-0.2, -0.15) is 4.72 Å². The molecule has 1 aliphatic rings. The molecule has 4 aromatic rings. The van der Waals surface area contributed by atoms with Gasteiger partial charge < -0.3 is 4.42 Å². The number of nitrogens with one attached hydrogen (secondary N) is 1. The summed E-state index contributed by atoms with van der Waals surface area (Å²) in [4.78, 5) is 18.9. The highest BCUT2D eigenvalue weighted by Gasteiger charge is 2.37. The average molecular weight is 546 g/mol. The summed E-state index contributed by atoms with van der Waals surface area (Å²) in [5, 5.41) is 0.669. The van der Waals surface area contributed by atoms with Crippen molar-refractivity contribution >= 4 is 54.2 Å². The van der Waals surface area contributed by atoms with Crippen LogP contribution in [0.15, 0.2) is 81.3 Å². The van der Waals surface area contributed by atoms with Crippen LogP contribution in [0.2, 0.25) is 5.02 Å². The van der Waals surface area contributed by atoms with Crippen molar-refractivity contribution in [1.82, 2.24) is 9.71 Å². The molecule has 2 aromatic carbocycles. The third-order valence-electron chi connectivity index (χ3n) is 5.85. The molecule has 0 radical (unpaired) electrons. The van der Waals surface area contributed by atoms with Crippen molar-refractivity contribution in [3.63, 3.8) is 0 Å². The molecule has 1 amide bonds. The van der Waals surface area contributed by atoms with E-state index in [0.717, 1.165) is 6.26 Å². The average Bonchev–Trinajstić information content (AvgIpc) is 3.42. The minimum absolute atomic E-state index is 0.180. The molecule has 5 rings (SSSR count). The van der Waals surface area contributed by atoms with Crippen molar-refractivity contribution in [2.24, 2.45) is 0 Å². The number of benzene rings is 2. The summed E-state index contributed by atoms with van der Waals surface area (Å²) >= 11 is 5.96. The predicted octanol–water partition coefficient (Wildman–Crippen LogP) is 3.64. The van der Waals surface area contributed by atoms with Gasteiger partial charge >= 0.3 is 0 Å². The molecular formula is C24H20ClN3O6S2. The molecule has 1 atom stereocenters. The molecule has 36 heavy (non-hydrogen) atoms. The number of sulfone groups is 1. The van der Waals surface area contributed by atoms with Gasteiger partial charge in [0, 0.05) is 46.6 Å². The van der Waals surface area contributed by atoms with Gasteiger partial charge in [-0.15, -0.1) is 0 Å². The largest absolute Gasteiger partial charge is 0.443 e. The van der Waals surface area contributed by atoms with Crippen LogP contribution in [0.5, 0.6) is 0 Å². The van der Waals surface area contributed by atoms with Crippen molar-refractivity contribution in [3.05, 3.63) is 71.9 Å². The van der Waals surface area contributed by atoms with Gasteiger partial charge in [-0.3, -0.25) is 9.69 Å². The van der Waals surface area contributed by atoms with E-state index >= 15 is 0 Å². The highest BCUT2D eigenvalue weighted by molar-refractivity contribution is 7.90. The van der Waals surface area contributed by atoms with Gasteiger partial charge in [0.25, 0.3) is 10.0 Å². The lowest BCUT2D eigenvalue weighted by Crippen LogP contribution is -2.41. The van der Waals surface area contributed by atoms with E-state index in [1.807, 2.05) is 0 Å². The van der Waals surface area contributed by atoms with Gasteiger partial charge in [-0.05, 0) is 42.8 Å². The predicted molar refractivity (Wildman–Crippen MR) is 135 cm³/mol. The quantitative estimate of drug-likeness (QED) is 0.392. The Hall–Kier alpha value is -3.25. The number of amides is 1. The maximum atomic E-state index is 13.0. The summed E-state index contributed by atoms with van der Waals surface area (Å²) in [6.07, 6.45) is 2.87. The SMILES string of the molecule is CS(=O)(=O)c1ccccc1-c1ccc(N2CC[C@H](NS(=O)(=O)c3cc4cc(Cl)ccc4o3)C2=O)nc1. The van der Waals surface area contributed by atoms with Crippen molar-refractivity contribution in [2.45, 2.75) is 22.5 Å². The van der Waals surface area contributed by atoms with E-state index in [9.17, 15) is 21.6 Å². The van der Waals surface area contributed by atoms with Crippen LogP contribution in [0.25, 0.3) is 22.1 Å². The zero-order chi connectivity index (χ0) is 25.7. The van der Waals surface area contributed by atoms with Gasteiger partial charge in [-0.25, -0.2) is 21.8 Å². The summed E-state index contributed by atoms with van der Waals surface area (Å²) < 4.78 is 57.9. The smallest absolute Gasteiger partial charge is 0.274 e. The number of halogens is 1. The maximum absolute atomic E-state index is 13.0. The highest BCUT2D eigenvalue weighted by Crippen LogP contribution is 2.30. The highest BCUT2D eigenvalue weighted by atomic mass is 35.5. The topological polar surface area (TPSA) is 127 Å². The Labute approximate surface area is 212 Å². The molecule has 9 nitrogen and oxygen atoms in total. The van der Waals surface area contributed by atoms with Gasteiger partial charge in [0.15, 0.2) is 9.84 Å². The van der Waals surface area contributed by atoms with Crippen LogP contribution in [-0.2, 0) is 24.7 Å². The van der Waals surface area contributed by atoms with Gasteiger partial charge in [0.2, 0.25) is 11.0 Å². The van der Waals surface area contributed by atoms with Crippen LogP contribution in [-0.4, -0.2) is 46.6 Å². The third kappa shape index (κ3) is 4.62. The third-order valence-corrected chi connectivity index (χ3v) is 8.56. The molecule has 1 N–H and O–H groups in total. The number of nitrogens with zero attached hydrogens (tertiary/aromatic N) is 2. The first-order valence-electron chi connectivity index (χ1n) is 10.8. The van der Waals surface area contributed by atoms with Gasteiger partial charge in [0.05, 0.1) is 4.90 Å². The molecule has 0 unspecified atom stereocenters. The van der Waals surface area contributed by atoms with Crippen LogP contribution < -0.4 is 9.62 Å². The fourth-order valence-electron chi connectivity index (χ4n) is 4.12. The van der Waals surface area contributed by atoms with E-state index in [2.05, 4.69) is 9.71 Å². The van der Waals surface area contributed by atoms with E-state index in [1.165, 1.54) is 23.2 Å². The molecule has 186 valence electrons. The first kappa shape index (κ1) is 24.4. The number of pyridine rings is 1. The molecule has 0 spiro atoms. The van der Waals surface area contributed by atoms with Crippen LogP contribution in [0.3, 0.4) is 0 Å². The summed E-state index contributed by atoms with van der Waals surface area (Å²) in [7, 11) is -7.55. The second kappa shape index (κ2) is 9.00. The van der Waals surface area contributed by atoms with Crippen molar-refractivity contribution < 1.29 is 26.0 Å². The van der Waals surface area contributed by atoms with Crippen LogP contribution in [0, 0.1) is 0 Å². The Morgan fingerprint density at radius 3 is 2.56 bits per heavy atom. The zero-order valence-electron chi connectivity index (χ0n) is 18.9. The second-order valence-electron chi connectivity index (χ2n) is 8.37. The monoisotopic (exact) mass is 545 g/mol. The molecule has 1 aliphatic heterocycles. The Morgan fingerprint density at radius 1 is 1.06 bits per heavy atom. The Balaban J connectivity index is 1.34. The lowest BCUT2D eigenvalue weighted by Gasteiger charge is -2.16. The zero-order valence-corrected chi connectivity index (χ0v) is 21.3. The Bertz CT molecular complexity index is 1700. The number of rotatable bonds is 6. The van der Waals surface area contributed by atoms with Crippen LogP contribution in [0.4, 0.5) is 5.82 Å². The van der Waals surface area contributed by atoms with E-state index < -0.39 is 31.8 Å². The van der Waals surface area contributed by atoms with Crippen molar-refractivity contribution in [1.29, 1.82) is 0 Å². The number of hydrogen-bond donors (Lipinski definition) is 1. The minimum atomic E-state index is -4.10. The number of anilines is 1. The first-order chi connectivity index (χ1) is 17.0. The number of hydrogen-bond acceptors (Lipinski definition) is 7. The van der Waals surface area contributed by atoms with Gasteiger partial charge in [0.1, 0.15) is 17.4 Å². The molecule has 1 fully saturated rings. The molecule has 0 bridgehead atoms. The maximum Gasteiger partial charge on any atom is 0.274 e. The molecule has 0 saturated carbocycles. The number of carbonyl (C=O) groups excluding carboxylic acids is 1. The second-order valence-corrected chi connectivity index (χ2v) is 12.4. The Kier molecular flexibility index (Phi) is 6.11. The minimum Gasteiger partial charge on any atom is -0.443 e. The Morgan fingerprint density at radius 2 is 1.83 bits per heavy atom. The lowest BCUT2D eigenvalue weighted by atomic mass is 10.1. The van der Waals surface area contributed by atoms with Crippen LogP contribution >= 0.6 is 11.6 Å². The summed E-state index contributed by atoms with van der Waals surface area (Å²) in [5.41, 5.74) is 1.44. The molecule has 12 heteroatoms. The molecule has 0 aliphatic carbocycles. The standard InChI is InChI=1S/C24H20ClN3O6S2/c1-35(30,31)21-5-3-2-4-18(21)15-6-9-22(26-14-15)28-11-10-19(24(28)29)27-36(32,33)23-13-16-12-17(25)7-8-20(16)34-23/h2-9,12-14,19,27H,10-11H2,1H3/t19-/m0/s1. The fourth-order valence-corrected chi connectivity index (χ4v) is 6.40. The number of aromatic nitrogens is 1.